The zero-order chi connectivity index (χ0) is 27.5. The van der Waals surface area contributed by atoms with Gasteiger partial charge in [0.2, 0.25) is 5.54 Å². The number of amidine groups is 1. The second kappa shape index (κ2) is 8.73. The molecule has 2 atom stereocenters. The van der Waals surface area contributed by atoms with Crippen molar-refractivity contribution in [2.45, 2.75) is 32.0 Å². The van der Waals surface area contributed by atoms with Gasteiger partial charge in [0, 0.05) is 28.6 Å². The minimum Gasteiger partial charge on any atom is -0.497 e. The SMILES string of the molecule is COc1ccc2c(c1)C(=O)N(CC1(C#Cc3ccc4oc(C5N=C(C)NC5=O)c(C)c4c3)NC(=O)NC1=O)C2. The van der Waals surface area contributed by atoms with E-state index in [9.17, 15) is 19.2 Å². The predicted octanol–water partition coefficient (Wildman–Crippen LogP) is 1.92. The first-order valence-electron chi connectivity index (χ1n) is 12.2. The van der Waals surface area contributed by atoms with Crippen molar-refractivity contribution in [3.8, 4) is 17.6 Å². The fourth-order valence-corrected chi connectivity index (χ4v) is 5.08. The molecular weight excluding hydrogens is 502 g/mol. The third kappa shape index (κ3) is 3.97. The van der Waals surface area contributed by atoms with Crippen LogP contribution < -0.4 is 20.7 Å². The number of hydrogen-bond acceptors (Lipinski definition) is 7. The highest BCUT2D eigenvalue weighted by atomic mass is 16.5. The van der Waals surface area contributed by atoms with E-state index in [-0.39, 0.29) is 24.9 Å². The molecule has 0 saturated carbocycles. The molecular formula is C28H23N5O6. The predicted molar refractivity (Wildman–Crippen MR) is 139 cm³/mol. The molecule has 0 bridgehead atoms. The van der Waals surface area contributed by atoms with E-state index in [0.29, 0.717) is 34.1 Å². The van der Waals surface area contributed by atoms with Gasteiger partial charge in [-0.15, -0.1) is 0 Å². The highest BCUT2D eigenvalue weighted by Crippen LogP contribution is 2.33. The second-order valence-electron chi connectivity index (χ2n) is 9.66. The number of hydrogen-bond donors (Lipinski definition) is 3. The maximum Gasteiger partial charge on any atom is 0.323 e. The molecule has 3 N–H and O–H groups in total. The van der Waals surface area contributed by atoms with E-state index in [1.54, 1.807) is 43.3 Å². The number of ether oxygens (including phenoxy) is 1. The Hall–Kier alpha value is -5.11. The van der Waals surface area contributed by atoms with Gasteiger partial charge in [0.25, 0.3) is 17.7 Å². The monoisotopic (exact) mass is 525 g/mol. The summed E-state index contributed by atoms with van der Waals surface area (Å²) in [6.45, 7) is 3.68. The third-order valence-electron chi connectivity index (χ3n) is 7.08. The molecule has 39 heavy (non-hydrogen) atoms. The van der Waals surface area contributed by atoms with Gasteiger partial charge in [-0.3, -0.25) is 24.7 Å². The fraction of sp³-hybridized carbons (Fsp3) is 0.250. The number of rotatable bonds is 4. The van der Waals surface area contributed by atoms with Gasteiger partial charge in [-0.1, -0.05) is 17.9 Å². The van der Waals surface area contributed by atoms with Crippen LogP contribution in [0.25, 0.3) is 11.0 Å². The molecule has 6 rings (SSSR count). The summed E-state index contributed by atoms with van der Waals surface area (Å²) in [4.78, 5) is 56.3. The van der Waals surface area contributed by atoms with Gasteiger partial charge in [0.15, 0.2) is 6.04 Å². The van der Waals surface area contributed by atoms with E-state index in [0.717, 1.165) is 16.5 Å². The Kier molecular flexibility index (Phi) is 5.43. The average Bonchev–Trinajstić information content (AvgIpc) is 3.60. The minimum atomic E-state index is -1.64. The summed E-state index contributed by atoms with van der Waals surface area (Å²) < 4.78 is 11.2. The highest BCUT2D eigenvalue weighted by Gasteiger charge is 2.48. The molecule has 0 radical (unpaired) electrons. The van der Waals surface area contributed by atoms with Crippen LogP contribution in [0, 0.1) is 18.8 Å². The number of aliphatic imine (C=N–C) groups is 1. The van der Waals surface area contributed by atoms with Crippen molar-refractivity contribution in [1.82, 2.24) is 20.9 Å². The van der Waals surface area contributed by atoms with Crippen molar-refractivity contribution in [2.75, 3.05) is 13.7 Å². The standard InChI is InChI=1S/C28H23N5O6/c1-14-19-10-16(4-7-21(19)39-23(14)22-24(34)30-15(2)29-22)8-9-28(26(36)31-27(37)32-28)13-33-12-17-5-6-18(38-3)11-20(17)25(33)35/h4-7,10-11,22H,12-13H2,1-3H3,(H,29,30,34)(H2,31,32,36,37). The van der Waals surface area contributed by atoms with E-state index < -0.39 is 23.5 Å². The van der Waals surface area contributed by atoms with Crippen LogP contribution in [0.2, 0.25) is 0 Å². The lowest BCUT2D eigenvalue weighted by Crippen LogP contribution is -2.54. The number of aryl methyl sites for hydroxylation is 1. The number of carbonyl (C=O) groups excluding carboxylic acids is 4. The molecule has 2 aromatic carbocycles. The van der Waals surface area contributed by atoms with E-state index in [1.807, 2.05) is 6.92 Å². The van der Waals surface area contributed by atoms with Gasteiger partial charge < -0.3 is 24.7 Å². The number of furan rings is 1. The van der Waals surface area contributed by atoms with Crippen molar-refractivity contribution in [1.29, 1.82) is 0 Å². The van der Waals surface area contributed by atoms with Gasteiger partial charge in [0.05, 0.1) is 13.7 Å². The Bertz CT molecular complexity index is 1710. The van der Waals surface area contributed by atoms with Gasteiger partial charge >= 0.3 is 6.03 Å². The largest absolute Gasteiger partial charge is 0.497 e. The quantitative estimate of drug-likeness (QED) is 0.351. The minimum absolute atomic E-state index is 0.140. The fourth-order valence-electron chi connectivity index (χ4n) is 5.08. The van der Waals surface area contributed by atoms with Gasteiger partial charge in [-0.2, -0.15) is 0 Å². The molecule has 3 aliphatic rings. The Morgan fingerprint density at radius 2 is 1.95 bits per heavy atom. The highest BCUT2D eigenvalue weighted by molar-refractivity contribution is 6.10. The Balaban J connectivity index is 1.32. The topological polar surface area (TPSA) is 142 Å². The first kappa shape index (κ1) is 24.2. The number of amides is 5. The van der Waals surface area contributed by atoms with E-state index in [2.05, 4.69) is 32.8 Å². The number of nitrogens with zero attached hydrogens (tertiary/aromatic N) is 2. The Labute approximate surface area is 222 Å². The number of methoxy groups -OCH3 is 1. The number of benzene rings is 2. The molecule has 2 unspecified atom stereocenters. The summed E-state index contributed by atoms with van der Waals surface area (Å²) in [5.74, 6) is 6.26. The molecule has 1 fully saturated rings. The van der Waals surface area contributed by atoms with Gasteiger partial charge in [-0.25, -0.2) is 4.79 Å². The number of nitrogens with one attached hydrogen (secondary N) is 3. The molecule has 11 heteroatoms. The lowest BCUT2D eigenvalue weighted by atomic mass is 9.98. The molecule has 5 amide bonds. The summed E-state index contributed by atoms with van der Waals surface area (Å²) in [5, 5.41) is 8.28. The lowest BCUT2D eigenvalue weighted by Gasteiger charge is -2.26. The van der Waals surface area contributed by atoms with Gasteiger partial charge in [-0.05, 0) is 49.7 Å². The van der Waals surface area contributed by atoms with Crippen LogP contribution in [0.4, 0.5) is 4.79 Å². The van der Waals surface area contributed by atoms with Crippen LogP contribution >= 0.6 is 0 Å². The molecule has 3 aromatic rings. The number of urea groups is 1. The van der Waals surface area contributed by atoms with E-state index in [4.69, 9.17) is 9.15 Å². The zero-order valence-corrected chi connectivity index (χ0v) is 21.3. The summed E-state index contributed by atoms with van der Waals surface area (Å²) in [5.41, 5.74) is 1.51. The first-order valence-corrected chi connectivity index (χ1v) is 12.2. The average molecular weight is 526 g/mol. The van der Waals surface area contributed by atoms with E-state index >= 15 is 0 Å². The maximum atomic E-state index is 13.1. The molecule has 0 aliphatic carbocycles. The third-order valence-corrected chi connectivity index (χ3v) is 7.08. The second-order valence-corrected chi connectivity index (χ2v) is 9.66. The smallest absolute Gasteiger partial charge is 0.323 e. The molecule has 1 aromatic heterocycles. The van der Waals surface area contributed by atoms with Crippen molar-refractivity contribution in [3.05, 3.63) is 64.4 Å². The van der Waals surface area contributed by atoms with Gasteiger partial charge in [0.1, 0.15) is 22.9 Å². The molecule has 4 heterocycles. The summed E-state index contributed by atoms with van der Waals surface area (Å²) in [6.07, 6.45) is 0. The number of carbonyl (C=O) groups is 4. The summed E-state index contributed by atoms with van der Waals surface area (Å²) in [6, 6.07) is 9.02. The molecule has 1 saturated heterocycles. The maximum absolute atomic E-state index is 13.1. The summed E-state index contributed by atoms with van der Waals surface area (Å²) >= 11 is 0. The zero-order valence-electron chi connectivity index (χ0n) is 21.3. The number of fused-ring (bicyclic) bond motifs is 2. The van der Waals surface area contributed by atoms with Crippen LogP contribution in [0.5, 0.6) is 5.75 Å². The Morgan fingerprint density at radius 1 is 1.13 bits per heavy atom. The number of imide groups is 1. The van der Waals surface area contributed by atoms with Crippen LogP contribution in [0.3, 0.4) is 0 Å². The molecule has 0 spiro atoms. The first-order chi connectivity index (χ1) is 18.7. The van der Waals surface area contributed by atoms with Crippen LogP contribution in [-0.2, 0) is 16.1 Å². The van der Waals surface area contributed by atoms with Crippen molar-refractivity contribution in [3.63, 3.8) is 0 Å². The van der Waals surface area contributed by atoms with Crippen LogP contribution in [0.1, 0.15) is 45.8 Å². The van der Waals surface area contributed by atoms with Crippen molar-refractivity contribution in [2.24, 2.45) is 4.99 Å². The normalized spacial score (nSPS) is 21.8. The lowest BCUT2D eigenvalue weighted by molar-refractivity contribution is -0.122. The molecule has 11 nitrogen and oxygen atoms in total. The van der Waals surface area contributed by atoms with Crippen molar-refractivity contribution >= 4 is 40.6 Å². The molecule has 196 valence electrons. The summed E-state index contributed by atoms with van der Waals surface area (Å²) in [7, 11) is 1.52. The van der Waals surface area contributed by atoms with E-state index in [1.165, 1.54) is 12.0 Å². The van der Waals surface area contributed by atoms with Crippen molar-refractivity contribution < 1.29 is 28.3 Å². The van der Waals surface area contributed by atoms with Crippen LogP contribution in [0.15, 0.2) is 45.8 Å². The Morgan fingerprint density at radius 3 is 2.64 bits per heavy atom. The van der Waals surface area contributed by atoms with Crippen LogP contribution in [-0.4, -0.2) is 53.7 Å². The molecule has 3 aliphatic heterocycles.